The number of rotatable bonds is 3. The van der Waals surface area contributed by atoms with Crippen molar-refractivity contribution in [1.82, 2.24) is 10.6 Å². The van der Waals surface area contributed by atoms with Crippen LogP contribution in [0.2, 0.25) is 0 Å². The summed E-state index contributed by atoms with van der Waals surface area (Å²) in [6.45, 7) is 3.21. The summed E-state index contributed by atoms with van der Waals surface area (Å²) in [7, 11) is 0. The highest BCUT2D eigenvalue weighted by atomic mass is 35.5. The summed E-state index contributed by atoms with van der Waals surface area (Å²) in [5.41, 5.74) is 0.872. The Kier molecular flexibility index (Phi) is 3.96. The molecule has 1 aliphatic heterocycles. The minimum atomic E-state index is 0. The first kappa shape index (κ1) is 16.2. The predicted octanol–water partition coefficient (Wildman–Crippen LogP) is 3.13. The molecule has 130 valence electrons. The molecule has 1 spiro atoms. The van der Waals surface area contributed by atoms with Crippen LogP contribution < -0.4 is 10.6 Å². The third kappa shape index (κ3) is 2.72. The normalized spacial score (nSPS) is 45.6. The van der Waals surface area contributed by atoms with Gasteiger partial charge in [0.05, 0.1) is 0 Å². The zero-order valence-corrected chi connectivity index (χ0v) is 14.9. The Morgan fingerprint density at radius 1 is 0.957 bits per heavy atom. The van der Waals surface area contributed by atoms with Gasteiger partial charge in [-0.25, -0.2) is 0 Å². The van der Waals surface area contributed by atoms with E-state index in [4.69, 9.17) is 0 Å². The van der Waals surface area contributed by atoms with Crippen LogP contribution in [0.15, 0.2) is 0 Å². The first-order valence-electron chi connectivity index (χ1n) is 9.65. The molecule has 2 N–H and O–H groups in total. The van der Waals surface area contributed by atoms with Crippen LogP contribution in [-0.4, -0.2) is 25.5 Å². The molecule has 23 heavy (non-hydrogen) atoms. The third-order valence-corrected chi connectivity index (χ3v) is 7.91. The molecule has 4 bridgehead atoms. The van der Waals surface area contributed by atoms with Crippen LogP contribution in [0.5, 0.6) is 0 Å². The Labute approximate surface area is 146 Å². The molecule has 3 nitrogen and oxygen atoms in total. The molecule has 5 saturated carbocycles. The smallest absolute Gasteiger partial charge is 0.223 e. The van der Waals surface area contributed by atoms with Gasteiger partial charge in [-0.1, -0.05) is 0 Å². The molecule has 1 amide bonds. The summed E-state index contributed by atoms with van der Waals surface area (Å²) < 4.78 is 0. The first-order valence-corrected chi connectivity index (χ1v) is 9.65. The van der Waals surface area contributed by atoms with Gasteiger partial charge in [-0.2, -0.15) is 0 Å². The van der Waals surface area contributed by atoms with Gasteiger partial charge < -0.3 is 10.6 Å². The second-order valence-electron chi connectivity index (χ2n) is 9.50. The molecule has 0 radical (unpaired) electrons. The van der Waals surface area contributed by atoms with E-state index in [1.807, 2.05) is 0 Å². The Bertz CT molecular complexity index is 450. The fourth-order valence-corrected chi connectivity index (χ4v) is 7.10. The zero-order valence-electron chi connectivity index (χ0n) is 14.1. The fraction of sp³-hybridized carbons (Fsp3) is 0.947. The Morgan fingerprint density at radius 3 is 2.09 bits per heavy atom. The molecule has 5 aliphatic carbocycles. The second kappa shape index (κ2) is 5.62. The van der Waals surface area contributed by atoms with E-state index in [-0.39, 0.29) is 12.4 Å². The maximum atomic E-state index is 12.6. The van der Waals surface area contributed by atoms with E-state index in [0.29, 0.717) is 22.7 Å². The van der Waals surface area contributed by atoms with Gasteiger partial charge in [0.2, 0.25) is 5.91 Å². The molecule has 6 rings (SSSR count). The number of carbonyl (C=O) groups is 1. The topological polar surface area (TPSA) is 41.1 Å². The average Bonchev–Trinajstić information content (AvgIpc) is 3.18. The molecule has 1 heterocycles. The SMILES string of the molecule is Cl.O=C(NCC12CC3CC(CC(C3)C1)C2)C1CC12CCNCC2. The molecule has 6 fully saturated rings. The van der Waals surface area contributed by atoms with Crippen LogP contribution in [0.25, 0.3) is 0 Å². The van der Waals surface area contributed by atoms with Crippen molar-refractivity contribution in [3.05, 3.63) is 0 Å². The molecule has 0 aromatic carbocycles. The quantitative estimate of drug-likeness (QED) is 0.830. The highest BCUT2D eigenvalue weighted by Gasteiger charge is 2.58. The van der Waals surface area contributed by atoms with Gasteiger partial charge in [0, 0.05) is 12.5 Å². The molecule has 1 atom stereocenters. The van der Waals surface area contributed by atoms with Crippen molar-refractivity contribution in [3.63, 3.8) is 0 Å². The molecular weight excluding hydrogens is 308 g/mol. The van der Waals surface area contributed by atoms with E-state index in [9.17, 15) is 4.79 Å². The van der Waals surface area contributed by atoms with Gasteiger partial charge in [0.15, 0.2) is 0 Å². The lowest BCUT2D eigenvalue weighted by Gasteiger charge is -2.57. The molecule has 0 aromatic heterocycles. The first-order chi connectivity index (χ1) is 10.7. The Balaban J connectivity index is 0.00000135. The number of carbonyl (C=O) groups excluding carboxylic acids is 1. The van der Waals surface area contributed by atoms with Crippen LogP contribution in [0.1, 0.15) is 57.8 Å². The van der Waals surface area contributed by atoms with Crippen molar-refractivity contribution in [2.24, 2.45) is 34.5 Å². The van der Waals surface area contributed by atoms with Crippen LogP contribution in [0.3, 0.4) is 0 Å². The van der Waals surface area contributed by atoms with Crippen molar-refractivity contribution in [3.8, 4) is 0 Å². The number of piperidine rings is 1. The van der Waals surface area contributed by atoms with E-state index in [0.717, 1.165) is 43.8 Å². The van der Waals surface area contributed by atoms with Gasteiger partial charge in [-0.05, 0) is 99.5 Å². The lowest BCUT2D eigenvalue weighted by Crippen LogP contribution is -2.51. The summed E-state index contributed by atoms with van der Waals surface area (Å²) in [4.78, 5) is 12.6. The van der Waals surface area contributed by atoms with Gasteiger partial charge in [-0.3, -0.25) is 4.79 Å². The number of hydrogen-bond acceptors (Lipinski definition) is 2. The summed E-state index contributed by atoms with van der Waals surface area (Å²) in [5, 5.41) is 6.84. The maximum Gasteiger partial charge on any atom is 0.223 e. The summed E-state index contributed by atoms with van der Waals surface area (Å²) in [6.07, 6.45) is 12.3. The molecule has 4 heteroatoms. The van der Waals surface area contributed by atoms with E-state index >= 15 is 0 Å². The van der Waals surface area contributed by atoms with Crippen molar-refractivity contribution >= 4 is 18.3 Å². The number of halogens is 1. The van der Waals surface area contributed by atoms with E-state index in [2.05, 4.69) is 10.6 Å². The molecule has 1 saturated heterocycles. The van der Waals surface area contributed by atoms with Crippen LogP contribution in [-0.2, 0) is 4.79 Å². The van der Waals surface area contributed by atoms with Crippen molar-refractivity contribution in [2.75, 3.05) is 19.6 Å². The van der Waals surface area contributed by atoms with Crippen molar-refractivity contribution in [1.29, 1.82) is 0 Å². The molecule has 6 aliphatic rings. The third-order valence-electron chi connectivity index (χ3n) is 7.91. The van der Waals surface area contributed by atoms with Gasteiger partial charge >= 0.3 is 0 Å². The minimum absolute atomic E-state index is 0. The van der Waals surface area contributed by atoms with Gasteiger partial charge in [-0.15, -0.1) is 12.4 Å². The van der Waals surface area contributed by atoms with Crippen LogP contribution in [0.4, 0.5) is 0 Å². The summed E-state index contributed by atoms with van der Waals surface area (Å²) in [6, 6.07) is 0. The standard InChI is InChI=1S/C19H30N2O.ClH/c22-17(16-11-19(16)1-3-20-4-2-19)21-12-18-8-13-5-14(9-18)7-15(6-13)10-18;/h13-16,20H,1-12H2,(H,21,22);1H. The predicted molar refractivity (Wildman–Crippen MR) is 93.5 cm³/mol. The fourth-order valence-electron chi connectivity index (χ4n) is 7.10. The Hall–Kier alpha value is -0.280. The average molecular weight is 339 g/mol. The maximum absolute atomic E-state index is 12.6. The van der Waals surface area contributed by atoms with E-state index < -0.39 is 0 Å². The van der Waals surface area contributed by atoms with Crippen LogP contribution in [0, 0.1) is 34.5 Å². The van der Waals surface area contributed by atoms with E-state index in [1.165, 1.54) is 51.4 Å². The molecule has 1 unspecified atom stereocenters. The van der Waals surface area contributed by atoms with Crippen molar-refractivity contribution < 1.29 is 4.79 Å². The number of nitrogens with one attached hydrogen (secondary N) is 2. The van der Waals surface area contributed by atoms with E-state index in [1.54, 1.807) is 0 Å². The summed E-state index contributed by atoms with van der Waals surface area (Å²) in [5.74, 6) is 3.68. The Morgan fingerprint density at radius 2 is 1.52 bits per heavy atom. The lowest BCUT2D eigenvalue weighted by atomic mass is 9.49. The lowest BCUT2D eigenvalue weighted by molar-refractivity contribution is -0.125. The highest BCUT2D eigenvalue weighted by Crippen LogP contribution is 2.61. The van der Waals surface area contributed by atoms with Gasteiger partial charge in [0.1, 0.15) is 0 Å². The zero-order chi connectivity index (χ0) is 14.8. The number of hydrogen-bond donors (Lipinski definition) is 2. The number of amides is 1. The minimum Gasteiger partial charge on any atom is -0.355 e. The summed E-state index contributed by atoms with van der Waals surface area (Å²) >= 11 is 0. The van der Waals surface area contributed by atoms with Crippen molar-refractivity contribution in [2.45, 2.75) is 57.8 Å². The second-order valence-corrected chi connectivity index (χ2v) is 9.50. The van der Waals surface area contributed by atoms with Gasteiger partial charge in [0.25, 0.3) is 0 Å². The molecule has 0 aromatic rings. The highest BCUT2D eigenvalue weighted by molar-refractivity contribution is 5.85. The largest absolute Gasteiger partial charge is 0.355 e. The molecular formula is C19H31ClN2O. The van der Waals surface area contributed by atoms with Crippen LogP contribution >= 0.6 is 12.4 Å². The monoisotopic (exact) mass is 338 g/mol.